The van der Waals surface area contributed by atoms with Crippen LogP contribution in [0.5, 0.6) is 5.75 Å². The van der Waals surface area contributed by atoms with Gasteiger partial charge in [-0.3, -0.25) is 4.79 Å². The van der Waals surface area contributed by atoms with Crippen LogP contribution < -0.4 is 5.32 Å². The number of nitrogens with one attached hydrogen (secondary N) is 1. The molecule has 4 heteroatoms. The van der Waals surface area contributed by atoms with Gasteiger partial charge in [-0.15, -0.1) is 0 Å². The lowest BCUT2D eigenvalue weighted by molar-refractivity contribution is 0.0602. The van der Waals surface area contributed by atoms with Crippen molar-refractivity contribution in [2.45, 2.75) is 26.3 Å². The van der Waals surface area contributed by atoms with E-state index in [1.807, 2.05) is 4.90 Å². The summed E-state index contributed by atoms with van der Waals surface area (Å²) in [4.78, 5) is 14.9. The molecule has 1 aromatic carbocycles. The summed E-state index contributed by atoms with van der Waals surface area (Å²) in [6.07, 6.45) is 0. The molecule has 108 valence electrons. The van der Waals surface area contributed by atoms with Gasteiger partial charge in [0.1, 0.15) is 5.75 Å². The zero-order valence-electron chi connectivity index (χ0n) is 12.3. The first-order valence-electron chi connectivity index (χ1n) is 7.24. The molecular formula is C16H22N2O2. The molecule has 20 heavy (non-hydrogen) atoms. The number of phenolic OH excluding ortho intramolecular Hbond substituents is 1. The fraction of sp³-hybridized carbons (Fsp3) is 0.562. The van der Waals surface area contributed by atoms with Crippen molar-refractivity contribution in [3.8, 4) is 5.75 Å². The summed E-state index contributed by atoms with van der Waals surface area (Å²) >= 11 is 0. The van der Waals surface area contributed by atoms with E-state index in [9.17, 15) is 9.90 Å². The van der Waals surface area contributed by atoms with Gasteiger partial charge < -0.3 is 15.3 Å². The van der Waals surface area contributed by atoms with Crippen molar-refractivity contribution < 1.29 is 9.90 Å². The summed E-state index contributed by atoms with van der Waals surface area (Å²) in [6, 6.07) is 5.17. The molecule has 1 amide bonds. The first kappa shape index (κ1) is 13.4. The van der Waals surface area contributed by atoms with Crippen LogP contribution >= 0.6 is 0 Å². The zero-order chi connectivity index (χ0) is 14.5. The van der Waals surface area contributed by atoms with Crippen molar-refractivity contribution in [3.05, 3.63) is 29.3 Å². The van der Waals surface area contributed by atoms with E-state index in [-0.39, 0.29) is 17.2 Å². The highest BCUT2D eigenvalue weighted by Crippen LogP contribution is 2.41. The second-order valence-corrected chi connectivity index (χ2v) is 6.54. The molecule has 2 heterocycles. The molecule has 0 saturated carbocycles. The molecule has 2 fully saturated rings. The van der Waals surface area contributed by atoms with E-state index >= 15 is 0 Å². The molecular weight excluding hydrogens is 252 g/mol. The number of phenols is 1. The minimum Gasteiger partial charge on any atom is -0.508 e. The summed E-state index contributed by atoms with van der Waals surface area (Å²) < 4.78 is 0. The van der Waals surface area contributed by atoms with Crippen LogP contribution in [0.2, 0.25) is 0 Å². The van der Waals surface area contributed by atoms with Crippen molar-refractivity contribution in [2.75, 3.05) is 19.6 Å². The summed E-state index contributed by atoms with van der Waals surface area (Å²) in [5.41, 5.74) is 1.15. The quantitative estimate of drug-likeness (QED) is 0.820. The monoisotopic (exact) mass is 274 g/mol. The number of benzene rings is 1. The van der Waals surface area contributed by atoms with Crippen LogP contribution in [0.3, 0.4) is 0 Å². The van der Waals surface area contributed by atoms with Gasteiger partial charge in [-0.1, -0.05) is 6.07 Å². The smallest absolute Gasteiger partial charge is 0.254 e. The standard InChI is InChI=1S/C16H22N2O2/c1-10-12(5-4-6-14(10)19)15(20)18-9-11-7-17-8-13(11)16(18,2)3/h4-6,11,13,17,19H,7-9H2,1-3H3. The average molecular weight is 274 g/mol. The largest absolute Gasteiger partial charge is 0.508 e. The van der Waals surface area contributed by atoms with Crippen LogP contribution in [0.4, 0.5) is 0 Å². The molecule has 0 aliphatic carbocycles. The summed E-state index contributed by atoms with van der Waals surface area (Å²) in [7, 11) is 0. The van der Waals surface area contributed by atoms with Gasteiger partial charge in [0, 0.05) is 36.3 Å². The number of carbonyl (C=O) groups is 1. The summed E-state index contributed by atoms with van der Waals surface area (Å²) in [5.74, 6) is 1.29. The van der Waals surface area contributed by atoms with Gasteiger partial charge in [-0.05, 0) is 44.7 Å². The Morgan fingerprint density at radius 2 is 2.15 bits per heavy atom. The molecule has 0 bridgehead atoms. The van der Waals surface area contributed by atoms with Crippen molar-refractivity contribution in [1.82, 2.24) is 10.2 Å². The molecule has 0 spiro atoms. The normalized spacial score (nSPS) is 27.6. The minimum atomic E-state index is -0.136. The number of rotatable bonds is 1. The van der Waals surface area contributed by atoms with Crippen LogP contribution in [0.25, 0.3) is 0 Å². The maximum Gasteiger partial charge on any atom is 0.254 e. The van der Waals surface area contributed by atoms with Crippen LogP contribution in [-0.2, 0) is 0 Å². The van der Waals surface area contributed by atoms with Gasteiger partial charge in [-0.25, -0.2) is 0 Å². The predicted octanol–water partition coefficient (Wildman–Crippen LogP) is 1.77. The van der Waals surface area contributed by atoms with Crippen LogP contribution in [0.15, 0.2) is 18.2 Å². The van der Waals surface area contributed by atoms with Gasteiger partial charge in [0.15, 0.2) is 0 Å². The Morgan fingerprint density at radius 3 is 2.85 bits per heavy atom. The molecule has 0 aromatic heterocycles. The van der Waals surface area contributed by atoms with E-state index < -0.39 is 0 Å². The molecule has 2 aliphatic heterocycles. The zero-order valence-corrected chi connectivity index (χ0v) is 12.3. The van der Waals surface area contributed by atoms with Crippen LogP contribution in [0, 0.1) is 18.8 Å². The third kappa shape index (κ3) is 1.82. The van der Waals surface area contributed by atoms with E-state index in [0.29, 0.717) is 23.0 Å². The van der Waals surface area contributed by atoms with Gasteiger partial charge in [0.05, 0.1) is 0 Å². The van der Waals surface area contributed by atoms with Crippen LogP contribution in [0.1, 0.15) is 29.8 Å². The Balaban J connectivity index is 1.93. The van der Waals surface area contributed by atoms with Gasteiger partial charge >= 0.3 is 0 Å². The third-order valence-electron chi connectivity index (χ3n) is 5.14. The van der Waals surface area contributed by atoms with E-state index in [2.05, 4.69) is 19.2 Å². The third-order valence-corrected chi connectivity index (χ3v) is 5.14. The fourth-order valence-electron chi connectivity index (χ4n) is 3.77. The first-order chi connectivity index (χ1) is 9.43. The Hall–Kier alpha value is -1.55. The molecule has 3 rings (SSSR count). The highest BCUT2D eigenvalue weighted by Gasteiger charge is 2.51. The van der Waals surface area contributed by atoms with Crippen molar-refractivity contribution in [3.63, 3.8) is 0 Å². The number of hydrogen-bond acceptors (Lipinski definition) is 3. The maximum atomic E-state index is 12.9. The van der Waals surface area contributed by atoms with Crippen molar-refractivity contribution >= 4 is 5.91 Å². The predicted molar refractivity (Wildman–Crippen MR) is 77.8 cm³/mol. The number of hydrogen-bond donors (Lipinski definition) is 2. The molecule has 2 saturated heterocycles. The Labute approximate surface area is 119 Å². The van der Waals surface area contributed by atoms with E-state index in [0.717, 1.165) is 19.6 Å². The molecule has 1 aromatic rings. The number of carbonyl (C=O) groups excluding carboxylic acids is 1. The summed E-state index contributed by atoms with van der Waals surface area (Å²) in [5, 5.41) is 13.2. The van der Waals surface area contributed by atoms with Crippen molar-refractivity contribution in [1.29, 1.82) is 0 Å². The van der Waals surface area contributed by atoms with E-state index in [1.165, 1.54) is 0 Å². The lowest BCUT2D eigenvalue weighted by Crippen LogP contribution is -2.47. The Bertz CT molecular complexity index is 553. The second kappa shape index (κ2) is 4.48. The number of fused-ring (bicyclic) bond motifs is 1. The number of likely N-dealkylation sites (tertiary alicyclic amines) is 1. The van der Waals surface area contributed by atoms with Crippen LogP contribution in [-0.4, -0.2) is 41.1 Å². The molecule has 0 radical (unpaired) electrons. The second-order valence-electron chi connectivity index (χ2n) is 6.54. The topological polar surface area (TPSA) is 52.6 Å². The lowest BCUT2D eigenvalue weighted by atomic mass is 9.84. The first-order valence-corrected chi connectivity index (χ1v) is 7.24. The number of aromatic hydroxyl groups is 1. The molecule has 2 unspecified atom stereocenters. The highest BCUT2D eigenvalue weighted by atomic mass is 16.3. The molecule has 2 aliphatic rings. The van der Waals surface area contributed by atoms with E-state index in [4.69, 9.17) is 0 Å². The molecule has 4 nitrogen and oxygen atoms in total. The molecule has 2 N–H and O–H groups in total. The minimum absolute atomic E-state index is 0.0396. The summed E-state index contributed by atoms with van der Waals surface area (Å²) in [6.45, 7) is 8.89. The number of nitrogens with zero attached hydrogens (tertiary/aromatic N) is 1. The average Bonchev–Trinajstić information content (AvgIpc) is 2.95. The SMILES string of the molecule is Cc1c(O)cccc1C(=O)N1CC2CNCC2C1(C)C. The molecule has 2 atom stereocenters. The Morgan fingerprint density at radius 1 is 1.40 bits per heavy atom. The van der Waals surface area contributed by atoms with Gasteiger partial charge in [0.2, 0.25) is 0 Å². The van der Waals surface area contributed by atoms with Gasteiger partial charge in [-0.2, -0.15) is 0 Å². The van der Waals surface area contributed by atoms with E-state index in [1.54, 1.807) is 25.1 Å². The van der Waals surface area contributed by atoms with Crippen molar-refractivity contribution in [2.24, 2.45) is 11.8 Å². The fourth-order valence-corrected chi connectivity index (χ4v) is 3.77. The maximum absolute atomic E-state index is 12.9. The number of amides is 1. The van der Waals surface area contributed by atoms with Gasteiger partial charge in [0.25, 0.3) is 5.91 Å². The lowest BCUT2D eigenvalue weighted by Gasteiger charge is -2.36. The highest BCUT2D eigenvalue weighted by molar-refractivity contribution is 5.97. The Kier molecular flexibility index (Phi) is 3.01.